The molecule has 0 bridgehead atoms. The van der Waals surface area contributed by atoms with Crippen molar-refractivity contribution in [3.8, 4) is 22.6 Å². The van der Waals surface area contributed by atoms with E-state index in [1.54, 1.807) is 19.9 Å². The van der Waals surface area contributed by atoms with Gasteiger partial charge in [0, 0.05) is 22.8 Å². The van der Waals surface area contributed by atoms with Gasteiger partial charge < -0.3 is 19.4 Å². The van der Waals surface area contributed by atoms with Crippen molar-refractivity contribution < 1.29 is 57.7 Å². The summed E-state index contributed by atoms with van der Waals surface area (Å²) < 4.78 is 40.8. The van der Waals surface area contributed by atoms with E-state index in [2.05, 4.69) is 4.98 Å². The van der Waals surface area contributed by atoms with E-state index >= 15 is 4.39 Å². The minimum absolute atomic E-state index is 0. The molecule has 0 N–H and O–H groups in total. The number of pyridine rings is 1. The maximum atomic E-state index is 15.2. The molecule has 1 aliphatic heterocycles. The number of hydrogen-bond donors (Lipinski definition) is 0. The van der Waals surface area contributed by atoms with Crippen LogP contribution in [0.15, 0.2) is 42.5 Å². The van der Waals surface area contributed by atoms with Crippen LogP contribution in [0.5, 0.6) is 11.5 Å². The number of ether oxygens (including phenoxy) is 2. The third-order valence-electron chi connectivity index (χ3n) is 6.34. The molecule has 1 saturated carbocycles. The Hall–Kier alpha value is -2.48. The SMILES string of the molecule is C1CC1.COc1ccc(F)c(-c2cc(F)c(C3CCc4ccc(CC(C)C(=O)[O-])cc4O3)nc2C)c1.[Na+]. The molecular formula is C29H30F2NNaO4. The molecule has 8 heteroatoms. The molecular weight excluding hydrogens is 487 g/mol. The number of rotatable bonds is 6. The van der Waals surface area contributed by atoms with Gasteiger partial charge >= 0.3 is 29.6 Å². The Labute approximate surface area is 238 Å². The minimum atomic E-state index is -1.11. The van der Waals surface area contributed by atoms with Gasteiger partial charge in [0.1, 0.15) is 34.9 Å². The summed E-state index contributed by atoms with van der Waals surface area (Å²) in [5.74, 6) is -1.75. The number of aliphatic carboxylic acids is 1. The molecule has 2 aliphatic rings. The van der Waals surface area contributed by atoms with E-state index in [1.807, 2.05) is 12.1 Å². The van der Waals surface area contributed by atoms with Crippen LogP contribution in [-0.4, -0.2) is 18.1 Å². The summed E-state index contributed by atoms with van der Waals surface area (Å²) in [5, 5.41) is 11.1. The summed E-state index contributed by atoms with van der Waals surface area (Å²) in [6.45, 7) is 3.29. The Bertz CT molecular complexity index is 1260. The van der Waals surface area contributed by atoms with Gasteiger partial charge in [0.2, 0.25) is 0 Å². The van der Waals surface area contributed by atoms with Crippen LogP contribution in [0.3, 0.4) is 0 Å². The van der Waals surface area contributed by atoms with E-state index < -0.39 is 29.6 Å². The van der Waals surface area contributed by atoms with Gasteiger partial charge in [-0.2, -0.15) is 0 Å². The Balaban J connectivity index is 0.000000886. The molecule has 5 rings (SSSR count). The molecule has 0 spiro atoms. The normalized spacial score (nSPS) is 16.2. The van der Waals surface area contributed by atoms with Crippen LogP contribution >= 0.6 is 0 Å². The number of aryl methyl sites for hydroxylation is 2. The number of aromatic nitrogens is 1. The van der Waals surface area contributed by atoms with Crippen LogP contribution in [0, 0.1) is 24.5 Å². The first kappa shape index (κ1) is 29.1. The zero-order valence-electron chi connectivity index (χ0n) is 21.8. The fraction of sp³-hybridized carbons (Fsp3) is 0.379. The van der Waals surface area contributed by atoms with Crippen LogP contribution in [0.2, 0.25) is 0 Å². The van der Waals surface area contributed by atoms with Crippen molar-refractivity contribution in [2.24, 2.45) is 5.92 Å². The Morgan fingerprint density at radius 2 is 1.84 bits per heavy atom. The van der Waals surface area contributed by atoms with Crippen molar-refractivity contribution in [2.45, 2.75) is 58.5 Å². The summed E-state index contributed by atoms with van der Waals surface area (Å²) in [5.41, 5.74) is 2.99. The quantitative estimate of drug-likeness (QED) is 0.470. The third-order valence-corrected chi connectivity index (χ3v) is 6.34. The number of carboxylic acid groups (broad SMARTS) is 1. The van der Waals surface area contributed by atoms with Gasteiger partial charge in [-0.05, 0) is 73.6 Å². The molecule has 0 radical (unpaired) electrons. The van der Waals surface area contributed by atoms with Gasteiger partial charge in [-0.3, -0.25) is 4.98 Å². The Morgan fingerprint density at radius 1 is 1.11 bits per heavy atom. The number of carbonyl (C=O) groups is 1. The van der Waals surface area contributed by atoms with Gasteiger partial charge in [-0.25, -0.2) is 8.78 Å². The Morgan fingerprint density at radius 3 is 2.49 bits per heavy atom. The van der Waals surface area contributed by atoms with Gasteiger partial charge in [-0.15, -0.1) is 0 Å². The van der Waals surface area contributed by atoms with Crippen LogP contribution in [0.1, 0.15) is 61.2 Å². The number of halogens is 2. The molecule has 2 unspecified atom stereocenters. The smallest absolute Gasteiger partial charge is 0.550 e. The largest absolute Gasteiger partial charge is 1.00 e. The monoisotopic (exact) mass is 517 g/mol. The van der Waals surface area contributed by atoms with Crippen molar-refractivity contribution in [3.05, 3.63) is 76.6 Å². The summed E-state index contributed by atoms with van der Waals surface area (Å²) in [6, 6.07) is 11.2. The fourth-order valence-electron chi connectivity index (χ4n) is 4.11. The number of fused-ring (bicyclic) bond motifs is 1. The van der Waals surface area contributed by atoms with Crippen molar-refractivity contribution in [1.82, 2.24) is 4.98 Å². The van der Waals surface area contributed by atoms with Crippen LogP contribution in [-0.2, 0) is 17.6 Å². The number of carbonyl (C=O) groups excluding carboxylic acids is 1. The van der Waals surface area contributed by atoms with Gasteiger partial charge in [-0.1, -0.05) is 38.3 Å². The molecule has 0 amide bonds. The maximum absolute atomic E-state index is 15.2. The molecule has 2 atom stereocenters. The second-order valence-corrected chi connectivity index (χ2v) is 9.41. The molecule has 3 aromatic rings. The van der Waals surface area contributed by atoms with Crippen LogP contribution < -0.4 is 44.1 Å². The Kier molecular flexibility index (Phi) is 10.1. The molecule has 1 fully saturated rings. The van der Waals surface area contributed by atoms with Crippen molar-refractivity contribution in [1.29, 1.82) is 0 Å². The van der Waals surface area contributed by atoms with E-state index in [1.165, 1.54) is 50.6 Å². The summed E-state index contributed by atoms with van der Waals surface area (Å²) in [7, 11) is 1.48. The van der Waals surface area contributed by atoms with Crippen molar-refractivity contribution >= 4 is 5.97 Å². The zero-order chi connectivity index (χ0) is 25.8. The number of methoxy groups -OCH3 is 1. The average molecular weight is 518 g/mol. The van der Waals surface area contributed by atoms with E-state index in [4.69, 9.17) is 9.47 Å². The molecule has 2 aromatic carbocycles. The number of benzene rings is 2. The second-order valence-electron chi connectivity index (χ2n) is 9.41. The number of hydrogen-bond acceptors (Lipinski definition) is 5. The zero-order valence-corrected chi connectivity index (χ0v) is 23.8. The van der Waals surface area contributed by atoms with Crippen molar-refractivity contribution in [2.75, 3.05) is 7.11 Å². The maximum Gasteiger partial charge on any atom is 1.00 e. The second kappa shape index (κ2) is 12.9. The van der Waals surface area contributed by atoms with Crippen LogP contribution in [0.25, 0.3) is 11.1 Å². The topological polar surface area (TPSA) is 71.5 Å². The van der Waals surface area contributed by atoms with Gasteiger partial charge in [0.25, 0.3) is 0 Å². The van der Waals surface area contributed by atoms with Crippen molar-refractivity contribution in [3.63, 3.8) is 0 Å². The first-order valence-corrected chi connectivity index (χ1v) is 12.3. The first-order chi connectivity index (χ1) is 17.3. The molecule has 190 valence electrons. The van der Waals surface area contributed by atoms with E-state index in [0.717, 1.165) is 11.1 Å². The molecule has 0 saturated heterocycles. The van der Waals surface area contributed by atoms with Gasteiger partial charge in [0.05, 0.1) is 7.11 Å². The summed E-state index contributed by atoms with van der Waals surface area (Å²) in [4.78, 5) is 15.5. The first-order valence-electron chi connectivity index (χ1n) is 12.3. The predicted molar refractivity (Wildman–Crippen MR) is 131 cm³/mol. The predicted octanol–water partition coefficient (Wildman–Crippen LogP) is 2.51. The van der Waals surface area contributed by atoms with Crippen LogP contribution in [0.4, 0.5) is 8.78 Å². The van der Waals surface area contributed by atoms with E-state index in [-0.39, 0.29) is 40.8 Å². The number of carboxylic acids is 1. The van der Waals surface area contributed by atoms with E-state index in [0.29, 0.717) is 42.0 Å². The van der Waals surface area contributed by atoms with E-state index in [9.17, 15) is 14.3 Å². The number of nitrogens with zero attached hydrogens (tertiary/aromatic N) is 1. The van der Waals surface area contributed by atoms with Gasteiger partial charge in [0.15, 0.2) is 0 Å². The average Bonchev–Trinajstić information content (AvgIpc) is 3.75. The fourth-order valence-corrected chi connectivity index (χ4v) is 4.11. The summed E-state index contributed by atoms with van der Waals surface area (Å²) >= 11 is 0. The third kappa shape index (κ3) is 7.30. The minimum Gasteiger partial charge on any atom is -0.550 e. The molecule has 2 heterocycles. The molecule has 1 aromatic heterocycles. The molecule has 37 heavy (non-hydrogen) atoms. The molecule has 1 aliphatic carbocycles. The summed E-state index contributed by atoms with van der Waals surface area (Å²) in [6.07, 6.45) is 5.42. The standard InChI is InChI=1S/C26H25F2NO4.C3H6.Na/c1-14(26(30)31)10-16-4-5-17-6-9-23(33-24(17)11-16)25-22(28)13-19(15(2)29-25)20-12-18(32-3)7-8-21(20)27;1-2-3-1;/h4-5,7-8,11-14,23H,6,9-10H2,1-3H3,(H,30,31);1-3H2;/q;;+1/p-1. The molecule has 5 nitrogen and oxygen atoms in total.